The van der Waals surface area contributed by atoms with Gasteiger partial charge in [0.05, 0.1) is 6.04 Å². The fraction of sp³-hybridized carbons (Fsp3) is 0.172. The van der Waals surface area contributed by atoms with Crippen molar-refractivity contribution >= 4 is 17.4 Å². The van der Waals surface area contributed by atoms with Gasteiger partial charge in [-0.05, 0) is 79.7 Å². The summed E-state index contributed by atoms with van der Waals surface area (Å²) in [6, 6.07) is 13.5. The van der Waals surface area contributed by atoms with Gasteiger partial charge in [-0.1, -0.05) is 0 Å². The summed E-state index contributed by atoms with van der Waals surface area (Å²) in [7, 11) is 1.65. The minimum atomic E-state index is -0.538. The number of fused-ring (bicyclic) bond motifs is 1. The van der Waals surface area contributed by atoms with E-state index in [1.54, 1.807) is 50.5 Å². The van der Waals surface area contributed by atoms with Gasteiger partial charge in [-0.25, -0.2) is 4.39 Å². The summed E-state index contributed by atoms with van der Waals surface area (Å²) in [4.78, 5) is 45.9. The van der Waals surface area contributed by atoms with Crippen LogP contribution in [0.4, 0.5) is 10.1 Å². The molecule has 1 atom stereocenters. The van der Waals surface area contributed by atoms with E-state index in [2.05, 4.69) is 20.6 Å². The molecular formula is C29H25FN4O5. The summed E-state index contributed by atoms with van der Waals surface area (Å²) < 4.78 is 24.2. The molecule has 2 aromatic carbocycles. The number of hydrogen-bond donors (Lipinski definition) is 3. The summed E-state index contributed by atoms with van der Waals surface area (Å²) >= 11 is 0. The Hall–Kier alpha value is -4.83. The van der Waals surface area contributed by atoms with Crippen LogP contribution in [0.3, 0.4) is 0 Å². The Balaban J connectivity index is 1.52. The van der Waals surface area contributed by atoms with Crippen LogP contribution in [-0.4, -0.2) is 41.5 Å². The average Bonchev–Trinajstić information content (AvgIpc) is 3.42. The normalized spacial score (nSPS) is 12.7. The molecule has 3 heterocycles. The molecule has 0 saturated heterocycles. The predicted octanol–water partition coefficient (Wildman–Crippen LogP) is 3.67. The first-order chi connectivity index (χ1) is 18.8. The van der Waals surface area contributed by atoms with Gasteiger partial charge < -0.3 is 25.1 Å². The summed E-state index contributed by atoms with van der Waals surface area (Å²) in [6.45, 7) is 1.80. The number of benzene rings is 2. The molecule has 4 aromatic rings. The maximum absolute atomic E-state index is 13.3. The van der Waals surface area contributed by atoms with Crippen LogP contribution in [-0.2, 0) is 11.2 Å². The Kier molecular flexibility index (Phi) is 7.20. The van der Waals surface area contributed by atoms with Crippen molar-refractivity contribution in [1.82, 2.24) is 15.3 Å². The molecule has 0 saturated carbocycles. The summed E-state index contributed by atoms with van der Waals surface area (Å²) in [6.07, 6.45) is 3.22. The quantitative estimate of drug-likeness (QED) is 0.298. The number of ether oxygens (including phenoxy) is 2. The van der Waals surface area contributed by atoms with Gasteiger partial charge in [-0.3, -0.25) is 19.4 Å². The van der Waals surface area contributed by atoms with E-state index >= 15 is 0 Å². The van der Waals surface area contributed by atoms with Crippen LogP contribution in [0.5, 0.6) is 11.5 Å². The number of H-pyrrole nitrogens is 1. The second kappa shape index (κ2) is 10.9. The fourth-order valence-corrected chi connectivity index (χ4v) is 4.17. The molecule has 198 valence electrons. The third-order valence-electron chi connectivity index (χ3n) is 6.43. The fourth-order valence-electron chi connectivity index (χ4n) is 4.17. The first-order valence-electron chi connectivity index (χ1n) is 12.2. The summed E-state index contributed by atoms with van der Waals surface area (Å²) in [5.74, 6) is 0.0468. The molecule has 0 fully saturated rings. The number of hydrogen-bond acceptors (Lipinski definition) is 7. The third-order valence-corrected chi connectivity index (χ3v) is 6.43. The lowest BCUT2D eigenvalue weighted by atomic mass is 9.99. The van der Waals surface area contributed by atoms with Gasteiger partial charge in [0.15, 0.2) is 17.3 Å². The van der Waals surface area contributed by atoms with Gasteiger partial charge in [0, 0.05) is 41.2 Å². The summed E-state index contributed by atoms with van der Waals surface area (Å²) in [5, 5.41) is 5.58. The van der Waals surface area contributed by atoms with Crippen molar-refractivity contribution in [3.8, 4) is 22.8 Å². The predicted molar refractivity (Wildman–Crippen MR) is 143 cm³/mol. The zero-order valence-electron chi connectivity index (χ0n) is 21.2. The minimum absolute atomic E-state index is 0.0989. The van der Waals surface area contributed by atoms with Crippen LogP contribution < -0.4 is 25.7 Å². The smallest absolute Gasteiger partial charge is 0.272 e. The first-order valence-corrected chi connectivity index (χ1v) is 12.2. The van der Waals surface area contributed by atoms with E-state index in [-0.39, 0.29) is 30.6 Å². The van der Waals surface area contributed by atoms with Gasteiger partial charge >= 0.3 is 0 Å². The highest BCUT2D eigenvalue weighted by Gasteiger charge is 2.20. The van der Waals surface area contributed by atoms with E-state index in [1.807, 2.05) is 0 Å². The number of aromatic nitrogens is 2. The van der Waals surface area contributed by atoms with Crippen molar-refractivity contribution in [3.05, 3.63) is 105 Å². The number of aromatic amines is 1. The van der Waals surface area contributed by atoms with E-state index in [9.17, 15) is 18.8 Å². The molecule has 9 nitrogen and oxygen atoms in total. The Labute approximate surface area is 223 Å². The largest absolute Gasteiger partial charge is 0.454 e. The lowest BCUT2D eigenvalue weighted by Gasteiger charge is -2.16. The lowest BCUT2D eigenvalue weighted by molar-refractivity contribution is -0.117. The molecule has 5 rings (SSSR count). The second-order valence-electron chi connectivity index (χ2n) is 9.07. The molecule has 39 heavy (non-hydrogen) atoms. The molecule has 1 aliphatic rings. The van der Waals surface area contributed by atoms with Gasteiger partial charge in [0.1, 0.15) is 11.5 Å². The van der Waals surface area contributed by atoms with E-state index in [0.717, 1.165) is 0 Å². The van der Waals surface area contributed by atoms with Crippen molar-refractivity contribution in [3.63, 3.8) is 0 Å². The maximum Gasteiger partial charge on any atom is 0.272 e. The van der Waals surface area contributed by atoms with E-state index in [1.165, 1.54) is 30.5 Å². The number of carbonyl (C=O) groups is 2. The van der Waals surface area contributed by atoms with E-state index < -0.39 is 17.4 Å². The zero-order chi connectivity index (χ0) is 27.5. The highest BCUT2D eigenvalue weighted by Crippen LogP contribution is 2.35. The number of anilines is 1. The van der Waals surface area contributed by atoms with Gasteiger partial charge in [0.25, 0.3) is 5.56 Å². The van der Waals surface area contributed by atoms with Crippen LogP contribution >= 0.6 is 0 Å². The Morgan fingerprint density at radius 3 is 2.56 bits per heavy atom. The Bertz CT molecular complexity index is 1620. The molecule has 0 unspecified atom stereocenters. The SMILES string of the molecule is CN[C@@H](C)C(=O)Nc1c(Cc2cncc(C(=O)c3ccc(F)cc3)c2)cc(-c2ccc3c(c2)OCO3)[nH]c1=O. The van der Waals surface area contributed by atoms with Crippen LogP contribution in [0.2, 0.25) is 0 Å². The topological polar surface area (TPSA) is 122 Å². The number of pyridine rings is 2. The molecule has 10 heteroatoms. The molecule has 1 amide bonds. The number of likely N-dealkylation sites (N-methyl/N-ethyl adjacent to an activating group) is 1. The minimum Gasteiger partial charge on any atom is -0.454 e. The highest BCUT2D eigenvalue weighted by molar-refractivity contribution is 6.08. The lowest BCUT2D eigenvalue weighted by Crippen LogP contribution is -2.37. The summed E-state index contributed by atoms with van der Waals surface area (Å²) in [5.41, 5.74) is 2.63. The number of amides is 1. The number of halogens is 1. The number of nitrogens with one attached hydrogen (secondary N) is 3. The third kappa shape index (κ3) is 5.55. The van der Waals surface area contributed by atoms with Crippen molar-refractivity contribution < 1.29 is 23.5 Å². The molecule has 3 N–H and O–H groups in total. The van der Waals surface area contributed by atoms with Crippen LogP contribution in [0.25, 0.3) is 11.3 Å². The molecule has 0 spiro atoms. The van der Waals surface area contributed by atoms with E-state index in [4.69, 9.17) is 9.47 Å². The van der Waals surface area contributed by atoms with Crippen molar-refractivity contribution in [1.29, 1.82) is 0 Å². The van der Waals surface area contributed by atoms with Crippen LogP contribution in [0.15, 0.2) is 71.8 Å². The molecular weight excluding hydrogens is 503 g/mol. The van der Waals surface area contributed by atoms with Crippen LogP contribution in [0.1, 0.15) is 34.0 Å². The van der Waals surface area contributed by atoms with Gasteiger partial charge in [0.2, 0.25) is 12.7 Å². The molecule has 0 aliphatic carbocycles. The standard InChI is InChI=1S/C29H25FN4O5/c1-16(31-2)28(36)34-26-20(11-23(33-29(26)37)19-5-8-24-25(12-19)39-15-38-24)9-17-10-21(14-32-13-17)27(35)18-3-6-22(30)7-4-18/h3-8,10-14,16,31H,9,15H2,1-2H3,(H,33,37)(H,34,36)/t16-/m0/s1. The Morgan fingerprint density at radius 1 is 1.03 bits per heavy atom. The molecule has 0 radical (unpaired) electrons. The molecule has 2 aromatic heterocycles. The number of ketones is 1. The highest BCUT2D eigenvalue weighted by atomic mass is 19.1. The second-order valence-corrected chi connectivity index (χ2v) is 9.07. The van der Waals surface area contributed by atoms with Crippen molar-refractivity contribution in [2.45, 2.75) is 19.4 Å². The van der Waals surface area contributed by atoms with Gasteiger partial charge in [-0.2, -0.15) is 0 Å². The van der Waals surface area contributed by atoms with Crippen LogP contribution in [0, 0.1) is 5.82 Å². The average molecular weight is 529 g/mol. The number of carbonyl (C=O) groups excluding carboxylic acids is 2. The number of rotatable bonds is 8. The monoisotopic (exact) mass is 528 g/mol. The Morgan fingerprint density at radius 2 is 1.79 bits per heavy atom. The maximum atomic E-state index is 13.3. The zero-order valence-corrected chi connectivity index (χ0v) is 21.2. The first kappa shape index (κ1) is 25.8. The molecule has 0 bridgehead atoms. The van der Waals surface area contributed by atoms with Crippen molar-refractivity contribution in [2.75, 3.05) is 19.2 Å². The molecule has 1 aliphatic heterocycles. The number of nitrogens with zero attached hydrogens (tertiary/aromatic N) is 1. The van der Waals surface area contributed by atoms with Gasteiger partial charge in [-0.15, -0.1) is 0 Å². The van der Waals surface area contributed by atoms with E-state index in [0.29, 0.717) is 45.0 Å². The van der Waals surface area contributed by atoms with Crippen molar-refractivity contribution in [2.24, 2.45) is 0 Å².